The smallest absolute Gasteiger partial charge is 0.408 e. The highest BCUT2D eigenvalue weighted by Crippen LogP contribution is 2.31. The van der Waals surface area contributed by atoms with Crippen molar-refractivity contribution in [2.24, 2.45) is 0 Å². The standard InChI is InChI=1S/C33H43N3O6/c1-9-23-16-18-25(19-17-23)28(29(38)34-21-20-27(37)41-10-2)36(32(3,4)5)30(39)26(22-24-14-12-11-13-15-24)35-31(40)42-33(6,7)8/h1,11-19,26,28H,10,20-22H2,2-8H3,(H,34,38)(H,35,40). The molecule has 9 nitrogen and oxygen atoms in total. The van der Waals surface area contributed by atoms with Gasteiger partial charge in [-0.05, 0) is 71.7 Å². The number of carbonyl (C=O) groups excluding carboxylic acids is 4. The maximum atomic E-state index is 14.5. The average molecular weight is 578 g/mol. The van der Waals surface area contributed by atoms with Crippen LogP contribution in [0.3, 0.4) is 0 Å². The lowest BCUT2D eigenvalue weighted by atomic mass is 9.93. The number of nitrogens with zero attached hydrogens (tertiary/aromatic N) is 1. The summed E-state index contributed by atoms with van der Waals surface area (Å²) >= 11 is 0. The SMILES string of the molecule is C#Cc1ccc(C(C(=O)NCCC(=O)OCC)N(C(=O)C(Cc2ccccc2)NC(=O)OC(C)(C)C)C(C)(C)C)cc1. The van der Waals surface area contributed by atoms with Crippen molar-refractivity contribution in [3.05, 3.63) is 71.3 Å². The van der Waals surface area contributed by atoms with Crippen LogP contribution in [0.25, 0.3) is 0 Å². The molecule has 0 aromatic heterocycles. The van der Waals surface area contributed by atoms with Crippen LogP contribution >= 0.6 is 0 Å². The molecule has 2 atom stereocenters. The zero-order chi connectivity index (χ0) is 31.5. The summed E-state index contributed by atoms with van der Waals surface area (Å²) in [5, 5.41) is 5.52. The van der Waals surface area contributed by atoms with Crippen LogP contribution in [-0.2, 0) is 30.3 Å². The molecule has 2 aromatic rings. The van der Waals surface area contributed by atoms with E-state index in [1.54, 1.807) is 52.0 Å². The van der Waals surface area contributed by atoms with Gasteiger partial charge in [-0.1, -0.05) is 48.4 Å². The summed E-state index contributed by atoms with van der Waals surface area (Å²) in [5.41, 5.74) is 0.280. The van der Waals surface area contributed by atoms with E-state index in [1.165, 1.54) is 4.90 Å². The van der Waals surface area contributed by atoms with Gasteiger partial charge in [0.1, 0.15) is 17.7 Å². The average Bonchev–Trinajstić information content (AvgIpc) is 2.90. The third kappa shape index (κ3) is 10.6. The minimum absolute atomic E-state index is 0.0202. The molecule has 2 rings (SSSR count). The van der Waals surface area contributed by atoms with Gasteiger partial charge in [0, 0.05) is 24.1 Å². The zero-order valence-corrected chi connectivity index (χ0v) is 25.7. The number of benzene rings is 2. The van der Waals surface area contributed by atoms with Gasteiger partial charge in [-0.3, -0.25) is 14.4 Å². The highest BCUT2D eigenvalue weighted by atomic mass is 16.6. The second-order valence-electron chi connectivity index (χ2n) is 11.8. The van der Waals surface area contributed by atoms with Gasteiger partial charge in [0.25, 0.3) is 0 Å². The Balaban J connectivity index is 2.55. The summed E-state index contributed by atoms with van der Waals surface area (Å²) in [5.74, 6) is 1.14. The van der Waals surface area contributed by atoms with Crippen LogP contribution in [0.2, 0.25) is 0 Å². The molecule has 0 aliphatic heterocycles. The van der Waals surface area contributed by atoms with Crippen molar-refractivity contribution in [1.29, 1.82) is 0 Å². The van der Waals surface area contributed by atoms with Crippen LogP contribution in [0, 0.1) is 12.3 Å². The van der Waals surface area contributed by atoms with E-state index in [2.05, 4.69) is 16.6 Å². The number of rotatable bonds is 11. The molecule has 0 saturated heterocycles. The van der Waals surface area contributed by atoms with Gasteiger partial charge in [0.15, 0.2) is 0 Å². The number of amides is 3. The summed E-state index contributed by atoms with van der Waals surface area (Å²) < 4.78 is 10.4. The lowest BCUT2D eigenvalue weighted by Gasteiger charge is -2.43. The van der Waals surface area contributed by atoms with Gasteiger partial charge in [-0.2, -0.15) is 0 Å². The quantitative estimate of drug-likeness (QED) is 0.299. The molecule has 0 bridgehead atoms. The first-order valence-corrected chi connectivity index (χ1v) is 14.0. The monoisotopic (exact) mass is 577 g/mol. The van der Waals surface area contributed by atoms with E-state index in [1.807, 2.05) is 51.1 Å². The van der Waals surface area contributed by atoms with Crippen molar-refractivity contribution in [2.75, 3.05) is 13.2 Å². The molecule has 0 heterocycles. The zero-order valence-electron chi connectivity index (χ0n) is 25.7. The minimum atomic E-state index is -1.11. The number of terminal acetylenes is 1. The van der Waals surface area contributed by atoms with Gasteiger partial charge in [-0.15, -0.1) is 6.42 Å². The first kappa shape index (κ1) is 33.9. The van der Waals surface area contributed by atoms with E-state index in [-0.39, 0.29) is 26.0 Å². The highest BCUT2D eigenvalue weighted by Gasteiger charge is 2.42. The lowest BCUT2D eigenvalue weighted by Crippen LogP contribution is -2.59. The topological polar surface area (TPSA) is 114 Å². The molecule has 0 saturated carbocycles. The largest absolute Gasteiger partial charge is 0.466 e. The normalized spacial score (nSPS) is 12.7. The van der Waals surface area contributed by atoms with Crippen molar-refractivity contribution in [1.82, 2.24) is 15.5 Å². The van der Waals surface area contributed by atoms with Crippen molar-refractivity contribution < 1.29 is 28.7 Å². The molecule has 0 aliphatic carbocycles. The van der Waals surface area contributed by atoms with Crippen LogP contribution in [0.1, 0.15) is 77.6 Å². The predicted molar refractivity (Wildman–Crippen MR) is 161 cm³/mol. The number of hydrogen-bond acceptors (Lipinski definition) is 6. The summed E-state index contributed by atoms with van der Waals surface area (Å²) in [7, 11) is 0. The fourth-order valence-corrected chi connectivity index (χ4v) is 4.31. The van der Waals surface area contributed by atoms with Crippen LogP contribution < -0.4 is 10.6 Å². The summed E-state index contributed by atoms with van der Waals surface area (Å²) in [6.45, 7) is 12.6. The predicted octanol–water partition coefficient (Wildman–Crippen LogP) is 4.54. The van der Waals surface area contributed by atoms with Crippen molar-refractivity contribution in [3.8, 4) is 12.3 Å². The highest BCUT2D eigenvalue weighted by molar-refractivity contribution is 5.93. The second-order valence-corrected chi connectivity index (χ2v) is 11.8. The Bertz CT molecular complexity index is 1250. The van der Waals surface area contributed by atoms with Crippen LogP contribution in [0.15, 0.2) is 54.6 Å². The molecule has 2 unspecified atom stereocenters. The Kier molecular flexibility index (Phi) is 12.2. The maximum absolute atomic E-state index is 14.5. The number of nitrogens with one attached hydrogen (secondary N) is 2. The molecule has 226 valence electrons. The van der Waals surface area contributed by atoms with Gasteiger partial charge < -0.3 is 25.0 Å². The first-order chi connectivity index (χ1) is 19.7. The molecule has 9 heteroatoms. The van der Waals surface area contributed by atoms with Crippen molar-refractivity contribution in [2.45, 2.75) is 84.5 Å². The third-order valence-corrected chi connectivity index (χ3v) is 6.07. The molecule has 0 spiro atoms. The Morgan fingerprint density at radius 1 is 0.952 bits per heavy atom. The van der Waals surface area contributed by atoms with Crippen LogP contribution in [0.4, 0.5) is 4.79 Å². The molecule has 0 aliphatic rings. The Morgan fingerprint density at radius 2 is 1.57 bits per heavy atom. The van der Waals surface area contributed by atoms with Gasteiger partial charge in [-0.25, -0.2) is 4.79 Å². The summed E-state index contributed by atoms with van der Waals surface area (Å²) in [6, 6.07) is 13.9. The molecule has 2 N–H and O–H groups in total. The molecule has 2 aromatic carbocycles. The van der Waals surface area contributed by atoms with Gasteiger partial charge in [0.2, 0.25) is 11.8 Å². The molecular formula is C33H43N3O6. The van der Waals surface area contributed by atoms with Crippen molar-refractivity contribution in [3.63, 3.8) is 0 Å². The van der Waals surface area contributed by atoms with Gasteiger partial charge >= 0.3 is 12.1 Å². The van der Waals surface area contributed by atoms with Gasteiger partial charge in [0.05, 0.1) is 13.0 Å². The minimum Gasteiger partial charge on any atom is -0.466 e. The van der Waals surface area contributed by atoms with E-state index in [4.69, 9.17) is 15.9 Å². The van der Waals surface area contributed by atoms with Crippen LogP contribution in [0.5, 0.6) is 0 Å². The molecule has 42 heavy (non-hydrogen) atoms. The molecule has 0 radical (unpaired) electrons. The van der Waals surface area contributed by atoms with E-state index in [0.717, 1.165) is 5.56 Å². The molecular weight excluding hydrogens is 534 g/mol. The van der Waals surface area contributed by atoms with E-state index < -0.39 is 47.1 Å². The lowest BCUT2D eigenvalue weighted by molar-refractivity contribution is -0.149. The maximum Gasteiger partial charge on any atom is 0.408 e. The fraction of sp³-hybridized carbons (Fsp3) is 0.455. The number of hydrogen-bond donors (Lipinski definition) is 2. The van der Waals surface area contributed by atoms with Crippen LogP contribution in [-0.4, -0.2) is 59.1 Å². The number of esters is 1. The first-order valence-electron chi connectivity index (χ1n) is 14.0. The van der Waals surface area contributed by atoms with E-state index >= 15 is 0 Å². The second kappa shape index (κ2) is 15.1. The summed E-state index contributed by atoms with van der Waals surface area (Å²) in [4.78, 5) is 54.5. The number of alkyl carbamates (subject to hydrolysis) is 1. The Hall–Kier alpha value is -4.32. The number of carbonyl (C=O) groups is 4. The summed E-state index contributed by atoms with van der Waals surface area (Å²) in [6.07, 6.45) is 4.93. The number of ether oxygens (including phenoxy) is 2. The van der Waals surface area contributed by atoms with E-state index in [9.17, 15) is 19.2 Å². The molecule has 3 amide bonds. The van der Waals surface area contributed by atoms with E-state index in [0.29, 0.717) is 11.1 Å². The Labute approximate surface area is 249 Å². The fourth-order valence-electron chi connectivity index (χ4n) is 4.31. The van der Waals surface area contributed by atoms with Crippen molar-refractivity contribution >= 4 is 23.9 Å². The Morgan fingerprint density at radius 3 is 2.10 bits per heavy atom. The molecule has 0 fully saturated rings. The third-order valence-electron chi connectivity index (χ3n) is 6.07.